The molecule has 1 aromatic rings. The van der Waals surface area contributed by atoms with Crippen LogP contribution in [0.5, 0.6) is 0 Å². The fraction of sp³-hybridized carbons (Fsp3) is 0.500. The minimum absolute atomic E-state index is 0.0862. The Kier molecular flexibility index (Phi) is 5.77. The Morgan fingerprint density at radius 1 is 1.27 bits per heavy atom. The van der Waals surface area contributed by atoms with E-state index in [1.165, 1.54) is 0 Å². The van der Waals surface area contributed by atoms with Gasteiger partial charge in [0, 0.05) is 37.8 Å². The van der Waals surface area contributed by atoms with Crippen LogP contribution in [0.2, 0.25) is 0 Å². The van der Waals surface area contributed by atoms with Crippen molar-refractivity contribution < 1.29 is 9.59 Å². The summed E-state index contributed by atoms with van der Waals surface area (Å²) in [6.45, 7) is 1.86. The molecular formula is C16H24N4O2. The smallest absolute Gasteiger partial charge is 0.317 e. The second-order valence-electron chi connectivity index (χ2n) is 5.75. The van der Waals surface area contributed by atoms with E-state index in [0.29, 0.717) is 12.6 Å². The third-order valence-corrected chi connectivity index (χ3v) is 3.87. The van der Waals surface area contributed by atoms with E-state index >= 15 is 0 Å². The highest BCUT2D eigenvalue weighted by molar-refractivity contribution is 5.91. The summed E-state index contributed by atoms with van der Waals surface area (Å²) >= 11 is 0. The van der Waals surface area contributed by atoms with Crippen LogP contribution in [-0.2, 0) is 4.79 Å². The molecule has 0 aliphatic carbocycles. The molecule has 2 rings (SSSR count). The number of para-hydroxylation sites is 1. The highest BCUT2D eigenvalue weighted by Crippen LogP contribution is 2.12. The molecular weight excluding hydrogens is 280 g/mol. The molecule has 1 heterocycles. The normalized spacial score (nSPS) is 17.6. The van der Waals surface area contributed by atoms with Crippen LogP contribution >= 0.6 is 0 Å². The van der Waals surface area contributed by atoms with Gasteiger partial charge in [-0.05, 0) is 32.6 Å². The maximum atomic E-state index is 12.0. The number of rotatable bonds is 5. The van der Waals surface area contributed by atoms with Gasteiger partial charge in [-0.25, -0.2) is 4.79 Å². The average molecular weight is 304 g/mol. The Bertz CT molecular complexity index is 504. The van der Waals surface area contributed by atoms with Crippen LogP contribution in [-0.4, -0.2) is 61.5 Å². The van der Waals surface area contributed by atoms with Gasteiger partial charge in [0.1, 0.15) is 0 Å². The highest BCUT2D eigenvalue weighted by Gasteiger charge is 2.27. The van der Waals surface area contributed by atoms with Crippen molar-refractivity contribution in [2.75, 3.05) is 39.0 Å². The SMILES string of the molecule is CN(C)C1CCN(C(=O)NCCC(=O)Nc2ccccc2)C1. The summed E-state index contributed by atoms with van der Waals surface area (Å²) in [5.41, 5.74) is 0.771. The van der Waals surface area contributed by atoms with Gasteiger partial charge in [-0.3, -0.25) is 4.79 Å². The Balaban J connectivity index is 1.66. The van der Waals surface area contributed by atoms with Crippen LogP contribution in [0.1, 0.15) is 12.8 Å². The summed E-state index contributed by atoms with van der Waals surface area (Å²) in [6, 6.07) is 9.64. The second-order valence-corrected chi connectivity index (χ2v) is 5.75. The number of likely N-dealkylation sites (N-methyl/N-ethyl adjacent to an activating group) is 1. The summed E-state index contributed by atoms with van der Waals surface area (Å²) in [5.74, 6) is -0.0981. The Morgan fingerprint density at radius 2 is 2.00 bits per heavy atom. The first-order chi connectivity index (χ1) is 10.6. The van der Waals surface area contributed by atoms with Crippen molar-refractivity contribution >= 4 is 17.6 Å². The fourth-order valence-electron chi connectivity index (χ4n) is 2.49. The van der Waals surface area contributed by atoms with E-state index in [-0.39, 0.29) is 18.4 Å². The molecule has 0 radical (unpaired) electrons. The van der Waals surface area contributed by atoms with Gasteiger partial charge in [-0.15, -0.1) is 0 Å². The molecule has 1 aromatic carbocycles. The predicted octanol–water partition coefficient (Wildman–Crippen LogP) is 1.36. The van der Waals surface area contributed by atoms with Crippen molar-refractivity contribution in [1.29, 1.82) is 0 Å². The number of carbonyl (C=O) groups is 2. The zero-order valence-electron chi connectivity index (χ0n) is 13.2. The van der Waals surface area contributed by atoms with Crippen molar-refractivity contribution in [1.82, 2.24) is 15.1 Å². The van der Waals surface area contributed by atoms with Gasteiger partial charge < -0.3 is 20.4 Å². The highest BCUT2D eigenvalue weighted by atomic mass is 16.2. The van der Waals surface area contributed by atoms with Gasteiger partial charge in [-0.2, -0.15) is 0 Å². The Hall–Kier alpha value is -2.08. The van der Waals surface area contributed by atoms with Gasteiger partial charge in [0.15, 0.2) is 0 Å². The van der Waals surface area contributed by atoms with Gasteiger partial charge >= 0.3 is 6.03 Å². The first-order valence-electron chi connectivity index (χ1n) is 7.60. The summed E-state index contributed by atoms with van der Waals surface area (Å²) in [5, 5.41) is 5.61. The van der Waals surface area contributed by atoms with Crippen LogP contribution in [0.25, 0.3) is 0 Å². The number of likely N-dealkylation sites (tertiary alicyclic amines) is 1. The first kappa shape index (κ1) is 16.3. The molecule has 6 heteroatoms. The van der Waals surface area contributed by atoms with E-state index < -0.39 is 0 Å². The van der Waals surface area contributed by atoms with E-state index in [2.05, 4.69) is 15.5 Å². The molecule has 0 saturated carbocycles. The van der Waals surface area contributed by atoms with E-state index in [4.69, 9.17) is 0 Å². The molecule has 120 valence electrons. The van der Waals surface area contributed by atoms with Gasteiger partial charge in [0.05, 0.1) is 0 Å². The zero-order chi connectivity index (χ0) is 15.9. The molecule has 22 heavy (non-hydrogen) atoms. The fourth-order valence-corrected chi connectivity index (χ4v) is 2.49. The minimum atomic E-state index is -0.0981. The number of hydrogen-bond donors (Lipinski definition) is 2. The van der Waals surface area contributed by atoms with Crippen molar-refractivity contribution in [2.45, 2.75) is 18.9 Å². The molecule has 1 fully saturated rings. The lowest BCUT2D eigenvalue weighted by molar-refractivity contribution is -0.116. The standard InChI is InChI=1S/C16H24N4O2/c1-19(2)14-9-11-20(12-14)16(22)17-10-8-15(21)18-13-6-4-3-5-7-13/h3-7,14H,8-12H2,1-2H3,(H,17,22)(H,18,21). The second kappa shape index (κ2) is 7.79. The van der Waals surface area contributed by atoms with E-state index in [1.54, 1.807) is 4.90 Å². The molecule has 3 amide bonds. The van der Waals surface area contributed by atoms with E-state index in [9.17, 15) is 9.59 Å². The molecule has 1 unspecified atom stereocenters. The van der Waals surface area contributed by atoms with Crippen LogP contribution in [0.15, 0.2) is 30.3 Å². The van der Waals surface area contributed by atoms with Crippen molar-refractivity contribution in [2.24, 2.45) is 0 Å². The van der Waals surface area contributed by atoms with Crippen LogP contribution in [0.4, 0.5) is 10.5 Å². The number of amides is 3. The molecule has 6 nitrogen and oxygen atoms in total. The van der Waals surface area contributed by atoms with Crippen LogP contribution in [0, 0.1) is 0 Å². The molecule has 1 saturated heterocycles. The maximum absolute atomic E-state index is 12.0. The molecule has 0 aromatic heterocycles. The van der Waals surface area contributed by atoms with Crippen molar-refractivity contribution in [3.63, 3.8) is 0 Å². The largest absolute Gasteiger partial charge is 0.337 e. The van der Waals surface area contributed by atoms with E-state index in [1.807, 2.05) is 44.4 Å². The molecule has 1 aliphatic heterocycles. The number of hydrogen-bond acceptors (Lipinski definition) is 3. The van der Waals surface area contributed by atoms with Gasteiger partial charge in [0.2, 0.25) is 5.91 Å². The number of carbonyl (C=O) groups excluding carboxylic acids is 2. The Labute approximate surface area is 131 Å². The lowest BCUT2D eigenvalue weighted by Gasteiger charge is -2.20. The van der Waals surface area contributed by atoms with Crippen LogP contribution < -0.4 is 10.6 Å². The Morgan fingerprint density at radius 3 is 2.64 bits per heavy atom. The predicted molar refractivity (Wildman–Crippen MR) is 86.8 cm³/mol. The molecule has 2 N–H and O–H groups in total. The van der Waals surface area contributed by atoms with Crippen molar-refractivity contribution in [3.05, 3.63) is 30.3 Å². The molecule has 1 aliphatic rings. The monoisotopic (exact) mass is 304 g/mol. The molecule has 1 atom stereocenters. The minimum Gasteiger partial charge on any atom is -0.337 e. The number of nitrogens with zero attached hydrogens (tertiary/aromatic N) is 2. The van der Waals surface area contributed by atoms with Gasteiger partial charge in [-0.1, -0.05) is 18.2 Å². The third kappa shape index (κ3) is 4.73. The summed E-state index contributed by atoms with van der Waals surface area (Å²) in [4.78, 5) is 27.7. The van der Waals surface area contributed by atoms with E-state index in [0.717, 1.165) is 25.2 Å². The lowest BCUT2D eigenvalue weighted by Crippen LogP contribution is -2.41. The summed E-state index contributed by atoms with van der Waals surface area (Å²) in [7, 11) is 4.06. The lowest BCUT2D eigenvalue weighted by atomic mass is 10.2. The quantitative estimate of drug-likeness (QED) is 0.863. The number of nitrogens with one attached hydrogen (secondary N) is 2. The zero-order valence-corrected chi connectivity index (χ0v) is 13.2. The first-order valence-corrected chi connectivity index (χ1v) is 7.60. The van der Waals surface area contributed by atoms with Crippen LogP contribution in [0.3, 0.4) is 0 Å². The molecule has 0 spiro atoms. The summed E-state index contributed by atoms with van der Waals surface area (Å²) < 4.78 is 0. The maximum Gasteiger partial charge on any atom is 0.317 e. The third-order valence-electron chi connectivity index (χ3n) is 3.87. The van der Waals surface area contributed by atoms with Gasteiger partial charge in [0.25, 0.3) is 0 Å². The number of benzene rings is 1. The summed E-state index contributed by atoms with van der Waals surface area (Å²) in [6.07, 6.45) is 1.26. The number of urea groups is 1. The van der Waals surface area contributed by atoms with Crippen molar-refractivity contribution in [3.8, 4) is 0 Å². The average Bonchev–Trinajstić information content (AvgIpc) is 2.98. The number of anilines is 1. The topological polar surface area (TPSA) is 64.7 Å². The molecule has 0 bridgehead atoms.